The molecule has 0 saturated carbocycles. The van der Waals surface area contributed by atoms with Gasteiger partial charge in [0.1, 0.15) is 11.6 Å². The first-order chi connectivity index (χ1) is 9.61. The minimum Gasteiger partial charge on any atom is -0.309 e. The summed E-state index contributed by atoms with van der Waals surface area (Å²) in [6, 6.07) is 7.14. The molecule has 106 valence electrons. The zero-order valence-electron chi connectivity index (χ0n) is 11.0. The van der Waals surface area contributed by atoms with Crippen molar-refractivity contribution >= 4 is 15.9 Å². The summed E-state index contributed by atoms with van der Waals surface area (Å²) in [6.45, 7) is 2.61. The maximum absolute atomic E-state index is 13.9. The Kier molecular flexibility index (Phi) is 5.20. The van der Waals surface area contributed by atoms with E-state index in [4.69, 9.17) is 0 Å². The van der Waals surface area contributed by atoms with Crippen LogP contribution in [0.25, 0.3) is 0 Å². The molecule has 1 heterocycles. The van der Waals surface area contributed by atoms with Crippen LogP contribution < -0.4 is 5.32 Å². The number of halogens is 3. The quantitative estimate of drug-likeness (QED) is 0.889. The lowest BCUT2D eigenvalue weighted by Crippen LogP contribution is -2.25. The van der Waals surface area contributed by atoms with E-state index in [0.717, 1.165) is 10.0 Å². The van der Waals surface area contributed by atoms with Gasteiger partial charge in [-0.2, -0.15) is 0 Å². The molecule has 1 aromatic heterocycles. The summed E-state index contributed by atoms with van der Waals surface area (Å²) in [5.74, 6) is -0.661. The van der Waals surface area contributed by atoms with Gasteiger partial charge >= 0.3 is 0 Å². The summed E-state index contributed by atoms with van der Waals surface area (Å²) < 4.78 is 28.0. The molecule has 0 aliphatic rings. The van der Waals surface area contributed by atoms with Crippen molar-refractivity contribution in [3.8, 4) is 0 Å². The molecule has 20 heavy (non-hydrogen) atoms. The Balaban J connectivity index is 2.30. The zero-order chi connectivity index (χ0) is 14.5. The second kappa shape index (κ2) is 6.90. The molecule has 0 radical (unpaired) electrons. The fourth-order valence-electron chi connectivity index (χ4n) is 2.09. The fourth-order valence-corrected chi connectivity index (χ4v) is 2.49. The maximum Gasteiger partial charge on any atom is 0.146 e. The number of hydrogen-bond donors (Lipinski definition) is 1. The van der Waals surface area contributed by atoms with Crippen LogP contribution in [0.4, 0.5) is 8.78 Å². The van der Waals surface area contributed by atoms with Gasteiger partial charge in [0, 0.05) is 10.7 Å². The molecule has 2 aromatic rings. The Morgan fingerprint density at radius 3 is 2.80 bits per heavy atom. The summed E-state index contributed by atoms with van der Waals surface area (Å²) in [5, 5.41) is 3.19. The van der Waals surface area contributed by atoms with E-state index in [0.29, 0.717) is 18.7 Å². The van der Waals surface area contributed by atoms with E-state index in [9.17, 15) is 8.78 Å². The Morgan fingerprint density at radius 1 is 1.30 bits per heavy atom. The Morgan fingerprint density at radius 2 is 2.10 bits per heavy atom. The molecule has 0 saturated heterocycles. The SMILES string of the molecule is CCNC(Cc1cc(F)ccc1Br)c1ncccc1F. The predicted molar refractivity (Wildman–Crippen MR) is 78.4 cm³/mol. The maximum atomic E-state index is 13.9. The van der Waals surface area contributed by atoms with Gasteiger partial charge in [-0.1, -0.05) is 22.9 Å². The van der Waals surface area contributed by atoms with Crippen molar-refractivity contribution in [3.63, 3.8) is 0 Å². The molecular weight excluding hydrogens is 326 g/mol. The molecule has 1 N–H and O–H groups in total. The Labute approximate surface area is 125 Å². The lowest BCUT2D eigenvalue weighted by atomic mass is 10.0. The summed E-state index contributed by atoms with van der Waals surface area (Å²) in [7, 11) is 0. The van der Waals surface area contributed by atoms with Gasteiger partial charge in [-0.25, -0.2) is 8.78 Å². The third-order valence-electron chi connectivity index (χ3n) is 3.00. The fraction of sp³-hybridized carbons (Fsp3) is 0.267. The molecule has 0 fully saturated rings. The van der Waals surface area contributed by atoms with Crippen molar-refractivity contribution in [1.82, 2.24) is 10.3 Å². The van der Waals surface area contributed by atoms with Crippen LogP contribution >= 0.6 is 15.9 Å². The van der Waals surface area contributed by atoms with Crippen LogP contribution in [0.1, 0.15) is 24.2 Å². The first kappa shape index (κ1) is 15.1. The lowest BCUT2D eigenvalue weighted by Gasteiger charge is -2.18. The number of nitrogens with zero attached hydrogens (tertiary/aromatic N) is 1. The molecule has 0 amide bonds. The van der Waals surface area contributed by atoms with Gasteiger partial charge in [0.25, 0.3) is 0 Å². The van der Waals surface area contributed by atoms with Gasteiger partial charge in [0.2, 0.25) is 0 Å². The van der Waals surface area contributed by atoms with Crippen LogP contribution in [0.3, 0.4) is 0 Å². The van der Waals surface area contributed by atoms with Crippen molar-refractivity contribution in [2.75, 3.05) is 6.54 Å². The predicted octanol–water partition coefficient (Wildman–Crippen LogP) is 4.02. The molecule has 0 bridgehead atoms. The van der Waals surface area contributed by atoms with Gasteiger partial charge in [-0.15, -0.1) is 0 Å². The minimum absolute atomic E-state index is 0.292. The molecule has 5 heteroatoms. The lowest BCUT2D eigenvalue weighted by molar-refractivity contribution is 0.493. The zero-order valence-corrected chi connectivity index (χ0v) is 12.6. The van der Waals surface area contributed by atoms with Crippen molar-refractivity contribution in [1.29, 1.82) is 0 Å². The second-order valence-electron chi connectivity index (χ2n) is 4.42. The molecule has 0 spiro atoms. The van der Waals surface area contributed by atoms with Gasteiger partial charge in [-0.3, -0.25) is 4.98 Å². The average molecular weight is 341 g/mol. The highest BCUT2D eigenvalue weighted by Gasteiger charge is 2.18. The van der Waals surface area contributed by atoms with E-state index in [2.05, 4.69) is 26.2 Å². The highest BCUT2D eigenvalue weighted by Crippen LogP contribution is 2.25. The second-order valence-corrected chi connectivity index (χ2v) is 5.27. The third kappa shape index (κ3) is 3.61. The molecule has 1 aromatic carbocycles. The Hall–Kier alpha value is -1.33. The molecule has 2 rings (SSSR count). The van der Waals surface area contributed by atoms with E-state index in [1.165, 1.54) is 18.2 Å². The first-order valence-corrected chi connectivity index (χ1v) is 7.18. The van der Waals surface area contributed by atoms with Gasteiger partial charge in [0.05, 0.1) is 11.7 Å². The summed E-state index contributed by atoms with van der Waals surface area (Å²) in [4.78, 5) is 4.10. The molecule has 2 nitrogen and oxygen atoms in total. The van der Waals surface area contributed by atoms with Crippen LogP contribution in [0.15, 0.2) is 41.0 Å². The number of nitrogens with one attached hydrogen (secondary N) is 1. The number of rotatable bonds is 5. The first-order valence-electron chi connectivity index (χ1n) is 6.39. The number of pyridine rings is 1. The van der Waals surface area contributed by atoms with E-state index < -0.39 is 0 Å². The molecule has 1 atom stereocenters. The topological polar surface area (TPSA) is 24.9 Å². The number of likely N-dealkylation sites (N-methyl/N-ethyl adjacent to an activating group) is 1. The van der Waals surface area contributed by atoms with Crippen LogP contribution in [0.5, 0.6) is 0 Å². The summed E-state index contributed by atoms with van der Waals surface area (Å²) in [5.41, 5.74) is 1.13. The summed E-state index contributed by atoms with van der Waals surface area (Å²) in [6.07, 6.45) is 2.02. The average Bonchev–Trinajstić information content (AvgIpc) is 2.43. The number of aromatic nitrogens is 1. The summed E-state index contributed by atoms with van der Waals surface area (Å²) >= 11 is 3.39. The smallest absolute Gasteiger partial charge is 0.146 e. The van der Waals surface area contributed by atoms with Crippen molar-refractivity contribution in [2.24, 2.45) is 0 Å². The standard InChI is InChI=1S/C15H15BrF2N2/c1-2-19-14(15-13(18)4-3-7-20-15)9-10-8-11(17)5-6-12(10)16/h3-8,14,19H,2,9H2,1H3. The van der Waals surface area contributed by atoms with Crippen LogP contribution in [0, 0.1) is 11.6 Å². The van der Waals surface area contributed by atoms with E-state index >= 15 is 0 Å². The molecule has 1 unspecified atom stereocenters. The highest BCUT2D eigenvalue weighted by atomic mass is 79.9. The van der Waals surface area contributed by atoms with Crippen molar-refractivity contribution in [2.45, 2.75) is 19.4 Å². The number of hydrogen-bond acceptors (Lipinski definition) is 2. The Bertz CT molecular complexity index is 590. The molecule has 0 aliphatic carbocycles. The third-order valence-corrected chi connectivity index (χ3v) is 3.77. The largest absolute Gasteiger partial charge is 0.309 e. The van der Waals surface area contributed by atoms with Crippen LogP contribution in [-0.4, -0.2) is 11.5 Å². The highest BCUT2D eigenvalue weighted by molar-refractivity contribution is 9.10. The van der Waals surface area contributed by atoms with Crippen molar-refractivity contribution < 1.29 is 8.78 Å². The van der Waals surface area contributed by atoms with Gasteiger partial charge in [0.15, 0.2) is 0 Å². The van der Waals surface area contributed by atoms with Crippen LogP contribution in [-0.2, 0) is 6.42 Å². The minimum atomic E-state index is -0.356. The van der Waals surface area contributed by atoms with Gasteiger partial charge in [-0.05, 0) is 48.9 Å². The van der Waals surface area contributed by atoms with Crippen molar-refractivity contribution in [3.05, 3.63) is 63.9 Å². The molecule has 0 aliphatic heterocycles. The van der Waals surface area contributed by atoms with Crippen LogP contribution in [0.2, 0.25) is 0 Å². The van der Waals surface area contributed by atoms with Gasteiger partial charge < -0.3 is 5.32 Å². The van der Waals surface area contributed by atoms with E-state index in [1.54, 1.807) is 18.3 Å². The molecular formula is C15H15BrF2N2. The normalized spacial score (nSPS) is 12.4. The monoisotopic (exact) mass is 340 g/mol. The number of benzene rings is 1. The van der Waals surface area contributed by atoms with E-state index in [1.807, 2.05) is 6.92 Å². The van der Waals surface area contributed by atoms with E-state index in [-0.39, 0.29) is 17.7 Å².